The van der Waals surface area contributed by atoms with E-state index in [1.807, 2.05) is 30.3 Å². The molecule has 1 amide bonds. The second-order valence-electron chi connectivity index (χ2n) is 4.85. The summed E-state index contributed by atoms with van der Waals surface area (Å²) < 4.78 is 5.50. The molecule has 0 aliphatic rings. The lowest BCUT2D eigenvalue weighted by atomic mass is 10.2. The Balaban J connectivity index is 1.65. The molecule has 0 saturated heterocycles. The van der Waals surface area contributed by atoms with Gasteiger partial charge in [-0.3, -0.25) is 9.78 Å². The fraction of sp³-hybridized carbons (Fsp3) is 0.0556. The number of hydrogen-bond acceptors (Lipinski definition) is 4. The predicted molar refractivity (Wildman–Crippen MR) is 87.0 cm³/mol. The molecule has 1 N–H and O–H groups in total. The molecule has 1 aromatic heterocycles. The van der Waals surface area contributed by atoms with Crippen LogP contribution in [0.5, 0.6) is 5.75 Å². The number of amides is 1. The van der Waals surface area contributed by atoms with E-state index in [4.69, 9.17) is 10.00 Å². The summed E-state index contributed by atoms with van der Waals surface area (Å²) >= 11 is 0. The summed E-state index contributed by atoms with van der Waals surface area (Å²) in [4.78, 5) is 16.2. The van der Waals surface area contributed by atoms with Gasteiger partial charge in [-0.15, -0.1) is 0 Å². The summed E-state index contributed by atoms with van der Waals surface area (Å²) in [5, 5.41) is 12.6. The van der Waals surface area contributed by atoms with Gasteiger partial charge >= 0.3 is 0 Å². The Kier molecular flexibility index (Phi) is 4.16. The van der Waals surface area contributed by atoms with Gasteiger partial charge in [0.1, 0.15) is 11.8 Å². The lowest BCUT2D eigenvalue weighted by Gasteiger charge is -2.09. The Morgan fingerprint density at radius 2 is 2.04 bits per heavy atom. The number of nitrogens with zero attached hydrogens (tertiary/aromatic N) is 2. The number of benzene rings is 2. The van der Waals surface area contributed by atoms with E-state index >= 15 is 0 Å². The van der Waals surface area contributed by atoms with Gasteiger partial charge in [0.2, 0.25) is 0 Å². The number of carbonyl (C=O) groups is 1. The standard InChI is InChI=1S/C18H13N3O2/c19-11-14-4-1-2-6-17(14)21-18(22)12-23-15-7-8-16-13(10-15)5-3-9-20-16/h1-10H,12H2,(H,21,22). The van der Waals surface area contributed by atoms with Gasteiger partial charge in [0.05, 0.1) is 16.8 Å². The van der Waals surface area contributed by atoms with Gasteiger partial charge in [-0.05, 0) is 36.4 Å². The van der Waals surface area contributed by atoms with E-state index in [2.05, 4.69) is 10.3 Å². The molecule has 0 aliphatic carbocycles. The largest absolute Gasteiger partial charge is 0.484 e. The topological polar surface area (TPSA) is 75.0 Å². The van der Waals surface area contributed by atoms with Crippen molar-refractivity contribution < 1.29 is 9.53 Å². The number of nitrogens with one attached hydrogen (secondary N) is 1. The van der Waals surface area contributed by atoms with Crippen LogP contribution in [0.3, 0.4) is 0 Å². The van der Waals surface area contributed by atoms with Crippen molar-refractivity contribution in [3.63, 3.8) is 0 Å². The molecule has 0 spiro atoms. The summed E-state index contributed by atoms with van der Waals surface area (Å²) in [6, 6.07) is 18.1. The van der Waals surface area contributed by atoms with Crippen molar-refractivity contribution >= 4 is 22.5 Å². The van der Waals surface area contributed by atoms with E-state index in [-0.39, 0.29) is 12.5 Å². The number of anilines is 1. The fourth-order valence-corrected chi connectivity index (χ4v) is 2.17. The summed E-state index contributed by atoms with van der Waals surface area (Å²) in [6.07, 6.45) is 1.73. The van der Waals surface area contributed by atoms with Crippen LogP contribution in [0.1, 0.15) is 5.56 Å². The third kappa shape index (κ3) is 3.44. The first-order chi connectivity index (χ1) is 11.3. The zero-order valence-electron chi connectivity index (χ0n) is 12.2. The second kappa shape index (κ2) is 6.58. The van der Waals surface area contributed by atoms with Crippen LogP contribution in [0.15, 0.2) is 60.8 Å². The van der Waals surface area contributed by atoms with Crippen molar-refractivity contribution in [2.24, 2.45) is 0 Å². The fourth-order valence-electron chi connectivity index (χ4n) is 2.17. The summed E-state index contributed by atoms with van der Waals surface area (Å²) in [5.74, 6) is 0.271. The van der Waals surface area contributed by atoms with Crippen LogP contribution in [0.25, 0.3) is 10.9 Å². The first-order valence-corrected chi connectivity index (χ1v) is 7.03. The summed E-state index contributed by atoms with van der Waals surface area (Å²) in [7, 11) is 0. The average Bonchev–Trinajstić information content (AvgIpc) is 2.60. The second-order valence-corrected chi connectivity index (χ2v) is 4.85. The molecule has 5 nitrogen and oxygen atoms in total. The SMILES string of the molecule is N#Cc1ccccc1NC(=O)COc1ccc2ncccc2c1. The number of pyridine rings is 1. The van der Waals surface area contributed by atoms with E-state index in [0.29, 0.717) is 17.0 Å². The molecule has 5 heteroatoms. The van der Waals surface area contributed by atoms with Gasteiger partial charge in [-0.25, -0.2) is 0 Å². The molecule has 3 rings (SSSR count). The molecule has 0 unspecified atom stereocenters. The van der Waals surface area contributed by atoms with E-state index in [0.717, 1.165) is 10.9 Å². The number of ether oxygens (including phenoxy) is 1. The lowest BCUT2D eigenvalue weighted by molar-refractivity contribution is -0.118. The molecule has 0 fully saturated rings. The van der Waals surface area contributed by atoms with Crippen molar-refractivity contribution in [1.29, 1.82) is 5.26 Å². The highest BCUT2D eigenvalue weighted by molar-refractivity contribution is 5.93. The molecule has 0 bridgehead atoms. The van der Waals surface area contributed by atoms with E-state index in [9.17, 15) is 4.79 Å². The molecule has 0 saturated carbocycles. The van der Waals surface area contributed by atoms with Crippen molar-refractivity contribution in [3.05, 3.63) is 66.4 Å². The maximum absolute atomic E-state index is 12.0. The Labute approximate surface area is 133 Å². The Morgan fingerprint density at radius 1 is 1.17 bits per heavy atom. The number of fused-ring (bicyclic) bond motifs is 1. The lowest BCUT2D eigenvalue weighted by Crippen LogP contribution is -2.20. The quantitative estimate of drug-likeness (QED) is 0.803. The number of aromatic nitrogens is 1. The normalized spacial score (nSPS) is 10.0. The van der Waals surface area contributed by atoms with Crippen LogP contribution in [0.2, 0.25) is 0 Å². The minimum Gasteiger partial charge on any atom is -0.484 e. The Bertz CT molecular complexity index is 900. The van der Waals surface area contributed by atoms with Crippen molar-refractivity contribution in [2.45, 2.75) is 0 Å². The zero-order valence-corrected chi connectivity index (χ0v) is 12.2. The van der Waals surface area contributed by atoms with Crippen LogP contribution in [-0.2, 0) is 4.79 Å². The van der Waals surface area contributed by atoms with Gasteiger partial charge < -0.3 is 10.1 Å². The first kappa shape index (κ1) is 14.5. The average molecular weight is 303 g/mol. The monoisotopic (exact) mass is 303 g/mol. The highest BCUT2D eigenvalue weighted by Crippen LogP contribution is 2.19. The molecular formula is C18H13N3O2. The van der Waals surface area contributed by atoms with Crippen LogP contribution in [0.4, 0.5) is 5.69 Å². The maximum Gasteiger partial charge on any atom is 0.262 e. The van der Waals surface area contributed by atoms with E-state index in [1.165, 1.54) is 0 Å². The molecule has 0 atom stereocenters. The Morgan fingerprint density at radius 3 is 2.91 bits per heavy atom. The summed E-state index contributed by atoms with van der Waals surface area (Å²) in [6.45, 7) is -0.133. The summed E-state index contributed by atoms with van der Waals surface area (Å²) in [5.41, 5.74) is 1.76. The minimum absolute atomic E-state index is 0.133. The van der Waals surface area contributed by atoms with Gasteiger partial charge in [-0.2, -0.15) is 5.26 Å². The molecule has 2 aromatic carbocycles. The number of nitriles is 1. The molecule has 112 valence electrons. The molecule has 1 heterocycles. The van der Waals surface area contributed by atoms with Crippen LogP contribution in [0, 0.1) is 11.3 Å². The number of para-hydroxylation sites is 1. The van der Waals surface area contributed by atoms with Crippen LogP contribution < -0.4 is 10.1 Å². The minimum atomic E-state index is -0.320. The third-order valence-electron chi connectivity index (χ3n) is 3.27. The van der Waals surface area contributed by atoms with Crippen molar-refractivity contribution in [1.82, 2.24) is 4.98 Å². The number of carbonyl (C=O) groups excluding carboxylic acids is 1. The molecule has 3 aromatic rings. The zero-order chi connectivity index (χ0) is 16.1. The third-order valence-corrected chi connectivity index (χ3v) is 3.27. The molecular weight excluding hydrogens is 290 g/mol. The van der Waals surface area contributed by atoms with Crippen molar-refractivity contribution in [3.8, 4) is 11.8 Å². The maximum atomic E-state index is 12.0. The first-order valence-electron chi connectivity index (χ1n) is 7.03. The molecule has 23 heavy (non-hydrogen) atoms. The van der Waals surface area contributed by atoms with Gasteiger partial charge in [0.25, 0.3) is 5.91 Å². The van der Waals surface area contributed by atoms with E-state index in [1.54, 1.807) is 36.5 Å². The number of hydrogen-bond donors (Lipinski definition) is 1. The van der Waals surface area contributed by atoms with Gasteiger partial charge in [0, 0.05) is 11.6 Å². The molecule has 0 radical (unpaired) electrons. The highest BCUT2D eigenvalue weighted by Gasteiger charge is 2.07. The van der Waals surface area contributed by atoms with Crippen LogP contribution >= 0.6 is 0 Å². The smallest absolute Gasteiger partial charge is 0.262 e. The molecule has 0 aliphatic heterocycles. The van der Waals surface area contributed by atoms with Gasteiger partial charge in [-0.1, -0.05) is 18.2 Å². The highest BCUT2D eigenvalue weighted by atomic mass is 16.5. The van der Waals surface area contributed by atoms with Crippen molar-refractivity contribution in [2.75, 3.05) is 11.9 Å². The predicted octanol–water partition coefficient (Wildman–Crippen LogP) is 3.12. The Hall–Kier alpha value is -3.39. The van der Waals surface area contributed by atoms with E-state index < -0.39 is 0 Å². The number of rotatable bonds is 4. The van der Waals surface area contributed by atoms with Gasteiger partial charge in [0.15, 0.2) is 6.61 Å². The van der Waals surface area contributed by atoms with Crippen LogP contribution in [-0.4, -0.2) is 17.5 Å².